The molecule has 1 aromatic carbocycles. The Morgan fingerprint density at radius 1 is 0.938 bits per heavy atom. The SMILES string of the molecule is COC(=O)c1c(C)nc(-c2cc(OC)c3c(n2)c2ccccc2n3C)c(C(=O)OC)c1C. The zero-order valence-corrected chi connectivity index (χ0v) is 18.8. The van der Waals surface area contributed by atoms with Crippen LogP contribution in [0.2, 0.25) is 0 Å². The van der Waals surface area contributed by atoms with E-state index in [2.05, 4.69) is 4.98 Å². The highest BCUT2D eigenvalue weighted by atomic mass is 16.5. The Balaban J connectivity index is 2.11. The highest BCUT2D eigenvalue weighted by Gasteiger charge is 2.27. The van der Waals surface area contributed by atoms with Gasteiger partial charge in [0.1, 0.15) is 22.5 Å². The number of nitrogens with zero attached hydrogens (tertiary/aromatic N) is 3. The van der Waals surface area contributed by atoms with E-state index in [0.717, 1.165) is 21.9 Å². The van der Waals surface area contributed by atoms with Gasteiger partial charge in [-0.3, -0.25) is 0 Å². The lowest BCUT2D eigenvalue weighted by Crippen LogP contribution is -2.16. The van der Waals surface area contributed by atoms with E-state index >= 15 is 0 Å². The van der Waals surface area contributed by atoms with Gasteiger partial charge in [-0.1, -0.05) is 18.2 Å². The third-order valence-electron chi connectivity index (χ3n) is 5.68. The molecule has 0 aliphatic carbocycles. The summed E-state index contributed by atoms with van der Waals surface area (Å²) in [7, 11) is 6.10. The second kappa shape index (κ2) is 7.96. The second-order valence-electron chi connectivity index (χ2n) is 7.39. The molecule has 0 amide bonds. The zero-order valence-electron chi connectivity index (χ0n) is 18.8. The fraction of sp³-hybridized carbons (Fsp3) is 0.250. The minimum Gasteiger partial charge on any atom is -0.494 e. The maximum atomic E-state index is 12.8. The Hall–Kier alpha value is -3.94. The first-order chi connectivity index (χ1) is 15.3. The number of carbonyl (C=O) groups is 2. The number of rotatable bonds is 4. The van der Waals surface area contributed by atoms with Crippen molar-refractivity contribution in [2.45, 2.75) is 13.8 Å². The van der Waals surface area contributed by atoms with Gasteiger partial charge in [0.05, 0.1) is 49.4 Å². The number of aryl methyl sites for hydroxylation is 2. The van der Waals surface area contributed by atoms with Gasteiger partial charge in [0, 0.05) is 18.5 Å². The second-order valence-corrected chi connectivity index (χ2v) is 7.39. The number of esters is 2. The van der Waals surface area contributed by atoms with Crippen molar-refractivity contribution in [3.8, 4) is 17.1 Å². The van der Waals surface area contributed by atoms with Crippen LogP contribution in [0.15, 0.2) is 30.3 Å². The van der Waals surface area contributed by atoms with Crippen LogP contribution in [0.25, 0.3) is 33.3 Å². The number of ether oxygens (including phenoxy) is 3. The lowest BCUT2D eigenvalue weighted by molar-refractivity contribution is 0.0596. The van der Waals surface area contributed by atoms with Crippen LogP contribution in [-0.4, -0.2) is 47.8 Å². The number of fused-ring (bicyclic) bond motifs is 3. The molecule has 0 fully saturated rings. The van der Waals surface area contributed by atoms with Gasteiger partial charge in [-0.15, -0.1) is 0 Å². The van der Waals surface area contributed by atoms with Crippen molar-refractivity contribution in [1.29, 1.82) is 0 Å². The van der Waals surface area contributed by atoms with E-state index < -0.39 is 11.9 Å². The fourth-order valence-electron chi connectivity index (χ4n) is 4.18. The number of hydrogen-bond acceptors (Lipinski definition) is 7. The Labute approximate surface area is 184 Å². The molecule has 0 N–H and O–H groups in total. The maximum absolute atomic E-state index is 12.8. The van der Waals surface area contributed by atoms with Gasteiger partial charge in [0.25, 0.3) is 0 Å². The minimum atomic E-state index is -0.617. The van der Waals surface area contributed by atoms with Gasteiger partial charge in [-0.2, -0.15) is 0 Å². The van der Waals surface area contributed by atoms with Crippen LogP contribution in [0.1, 0.15) is 32.0 Å². The monoisotopic (exact) mass is 433 g/mol. The van der Waals surface area contributed by atoms with Crippen molar-refractivity contribution >= 4 is 33.9 Å². The van der Waals surface area contributed by atoms with Crippen molar-refractivity contribution in [1.82, 2.24) is 14.5 Å². The summed E-state index contributed by atoms with van der Waals surface area (Å²) < 4.78 is 17.6. The topological polar surface area (TPSA) is 92.5 Å². The summed E-state index contributed by atoms with van der Waals surface area (Å²) in [6, 6.07) is 9.64. The van der Waals surface area contributed by atoms with Crippen LogP contribution in [0.4, 0.5) is 0 Å². The molecule has 0 saturated heterocycles. The van der Waals surface area contributed by atoms with Crippen LogP contribution in [0.3, 0.4) is 0 Å². The number of carbonyl (C=O) groups excluding carboxylic acids is 2. The minimum absolute atomic E-state index is 0.160. The highest BCUT2D eigenvalue weighted by Crippen LogP contribution is 2.37. The zero-order chi connectivity index (χ0) is 23.2. The molecule has 0 aliphatic rings. The van der Waals surface area contributed by atoms with Gasteiger partial charge in [-0.05, 0) is 25.5 Å². The quantitative estimate of drug-likeness (QED) is 0.449. The largest absolute Gasteiger partial charge is 0.494 e. The van der Waals surface area contributed by atoms with Crippen LogP contribution in [-0.2, 0) is 16.5 Å². The van der Waals surface area contributed by atoms with Crippen LogP contribution >= 0.6 is 0 Å². The van der Waals surface area contributed by atoms with Crippen molar-refractivity contribution in [2.24, 2.45) is 7.05 Å². The van der Waals surface area contributed by atoms with Gasteiger partial charge in [-0.25, -0.2) is 19.6 Å². The Morgan fingerprint density at radius 2 is 1.59 bits per heavy atom. The van der Waals surface area contributed by atoms with Crippen LogP contribution < -0.4 is 4.74 Å². The first-order valence-electron chi connectivity index (χ1n) is 9.94. The molecule has 8 heteroatoms. The average Bonchev–Trinajstić information content (AvgIpc) is 3.09. The molecule has 0 aliphatic heterocycles. The molecular formula is C24H23N3O5. The molecule has 8 nitrogen and oxygen atoms in total. The summed E-state index contributed by atoms with van der Waals surface area (Å²) in [6.07, 6.45) is 0. The molecule has 0 radical (unpaired) electrons. The highest BCUT2D eigenvalue weighted by molar-refractivity contribution is 6.09. The number of aromatic nitrogens is 3. The molecule has 4 aromatic rings. The van der Waals surface area contributed by atoms with E-state index in [0.29, 0.717) is 28.4 Å². The Morgan fingerprint density at radius 3 is 2.25 bits per heavy atom. The number of pyridine rings is 2. The van der Waals surface area contributed by atoms with Gasteiger partial charge in [0.2, 0.25) is 0 Å². The summed E-state index contributed by atoms with van der Waals surface area (Å²) in [5.74, 6) is -0.596. The molecule has 0 unspecified atom stereocenters. The Kier molecular flexibility index (Phi) is 5.30. The van der Waals surface area contributed by atoms with E-state index in [4.69, 9.17) is 19.2 Å². The van der Waals surface area contributed by atoms with Crippen molar-refractivity contribution < 1.29 is 23.8 Å². The van der Waals surface area contributed by atoms with Gasteiger partial charge >= 0.3 is 11.9 Å². The summed E-state index contributed by atoms with van der Waals surface area (Å²) >= 11 is 0. The van der Waals surface area contributed by atoms with E-state index in [1.54, 1.807) is 27.0 Å². The number of hydrogen-bond donors (Lipinski definition) is 0. The van der Waals surface area contributed by atoms with Crippen LogP contribution in [0, 0.1) is 13.8 Å². The summed E-state index contributed by atoms with van der Waals surface area (Å²) in [4.78, 5) is 34.6. The lowest BCUT2D eigenvalue weighted by atomic mass is 9.97. The molecule has 0 saturated carbocycles. The van der Waals surface area contributed by atoms with Crippen molar-refractivity contribution in [2.75, 3.05) is 21.3 Å². The van der Waals surface area contributed by atoms with E-state index in [1.165, 1.54) is 14.2 Å². The molecule has 0 spiro atoms. The number of benzene rings is 1. The summed E-state index contributed by atoms with van der Waals surface area (Å²) in [5, 5.41) is 0.949. The van der Waals surface area contributed by atoms with Gasteiger partial charge in [0.15, 0.2) is 0 Å². The maximum Gasteiger partial charge on any atom is 0.340 e. The first-order valence-corrected chi connectivity index (χ1v) is 9.94. The number of para-hydroxylation sites is 1. The molecule has 4 rings (SSSR count). The normalized spacial score (nSPS) is 11.1. The van der Waals surface area contributed by atoms with E-state index in [1.807, 2.05) is 35.9 Å². The van der Waals surface area contributed by atoms with E-state index in [9.17, 15) is 9.59 Å². The van der Waals surface area contributed by atoms with Crippen molar-refractivity contribution in [3.63, 3.8) is 0 Å². The first kappa shape index (κ1) is 21.3. The average molecular weight is 433 g/mol. The Bertz CT molecular complexity index is 1400. The predicted molar refractivity (Wildman–Crippen MR) is 120 cm³/mol. The third kappa shape index (κ3) is 3.07. The number of methoxy groups -OCH3 is 3. The predicted octanol–water partition coefficient (Wildman–Crippen LogP) is 3.99. The molecule has 0 atom stereocenters. The molecular weight excluding hydrogens is 410 g/mol. The molecule has 3 aromatic heterocycles. The molecule has 0 bridgehead atoms. The summed E-state index contributed by atoms with van der Waals surface area (Å²) in [6.45, 7) is 3.36. The standard InChI is InChI=1S/C24H23N3O5/c1-12-18(23(28)31-5)13(2)25-21(19(12)24(29)32-6)15-11-17(30-4)22-20(26-15)14-9-7-8-10-16(14)27(22)3/h7-11H,1-6H3. The smallest absolute Gasteiger partial charge is 0.340 e. The van der Waals surface area contributed by atoms with Crippen LogP contribution in [0.5, 0.6) is 5.75 Å². The van der Waals surface area contributed by atoms with Crippen molar-refractivity contribution in [3.05, 3.63) is 52.7 Å². The molecule has 3 heterocycles. The summed E-state index contributed by atoms with van der Waals surface area (Å²) in [5.41, 5.74) is 4.55. The lowest BCUT2D eigenvalue weighted by Gasteiger charge is -2.16. The van der Waals surface area contributed by atoms with Gasteiger partial charge < -0.3 is 18.8 Å². The fourth-order valence-corrected chi connectivity index (χ4v) is 4.18. The molecule has 164 valence electrons. The molecule has 32 heavy (non-hydrogen) atoms. The third-order valence-corrected chi connectivity index (χ3v) is 5.68. The van der Waals surface area contributed by atoms with E-state index in [-0.39, 0.29) is 11.1 Å².